The summed E-state index contributed by atoms with van der Waals surface area (Å²) in [6, 6.07) is 0. The van der Waals surface area contributed by atoms with E-state index >= 15 is 0 Å². The highest BCUT2D eigenvalue weighted by Crippen LogP contribution is 2.56. The second kappa shape index (κ2) is 6.24. The Kier molecular flexibility index (Phi) is 4.19. The highest BCUT2D eigenvalue weighted by atomic mass is 16.3. The van der Waals surface area contributed by atoms with Gasteiger partial charge in [-0.3, -0.25) is 9.59 Å². The minimum absolute atomic E-state index is 0.118. The van der Waals surface area contributed by atoms with Crippen molar-refractivity contribution in [3.8, 4) is 0 Å². The molecule has 3 unspecified atom stereocenters. The van der Waals surface area contributed by atoms with Crippen LogP contribution in [0.2, 0.25) is 0 Å². The number of aliphatic hydroxyl groups excluding tert-OH is 1. The number of rotatable bonds is 5. The summed E-state index contributed by atoms with van der Waals surface area (Å²) in [7, 11) is 2.23. The van der Waals surface area contributed by atoms with Gasteiger partial charge in [-0.15, -0.1) is 0 Å². The average Bonchev–Trinajstić information content (AvgIpc) is 3.39. The van der Waals surface area contributed by atoms with E-state index in [1.165, 1.54) is 30.4 Å². The summed E-state index contributed by atoms with van der Waals surface area (Å²) in [4.78, 5) is 26.0. The number of Topliss-reactive ketones (excluding diaryl/α,β-unsaturated/α-hetero) is 1. The number of nitrogens with one attached hydrogen (secondary N) is 1. The fourth-order valence-electron chi connectivity index (χ4n) is 5.15. The van der Waals surface area contributed by atoms with Gasteiger partial charge in [-0.25, -0.2) is 0 Å². The van der Waals surface area contributed by atoms with Gasteiger partial charge in [0.2, 0.25) is 5.78 Å². The van der Waals surface area contributed by atoms with Crippen LogP contribution in [0.25, 0.3) is 0 Å². The number of quaternary nitrogens is 1. The first-order valence-electron chi connectivity index (χ1n) is 9.69. The van der Waals surface area contributed by atoms with Gasteiger partial charge in [0.15, 0.2) is 5.76 Å². The first-order chi connectivity index (χ1) is 12.0. The van der Waals surface area contributed by atoms with E-state index in [4.69, 9.17) is 0 Å². The molecule has 0 aromatic heterocycles. The van der Waals surface area contributed by atoms with Crippen molar-refractivity contribution in [3.05, 3.63) is 35.1 Å². The number of fused-ring (bicyclic) bond motifs is 3. The second-order valence-corrected chi connectivity index (χ2v) is 8.53. The van der Waals surface area contributed by atoms with E-state index in [-0.39, 0.29) is 22.7 Å². The van der Waals surface area contributed by atoms with Gasteiger partial charge in [0.05, 0.1) is 20.1 Å². The van der Waals surface area contributed by atoms with Crippen LogP contribution in [-0.2, 0) is 9.59 Å². The number of carbonyl (C=O) groups is 2. The minimum Gasteiger partial charge on any atom is -0.504 e. The van der Waals surface area contributed by atoms with Crippen molar-refractivity contribution in [1.29, 1.82) is 0 Å². The van der Waals surface area contributed by atoms with Crippen molar-refractivity contribution in [2.45, 2.75) is 44.9 Å². The largest absolute Gasteiger partial charge is 0.504 e. The molecule has 0 radical (unpaired) electrons. The van der Waals surface area contributed by atoms with Crippen LogP contribution in [0.15, 0.2) is 35.1 Å². The molecule has 0 heterocycles. The highest BCUT2D eigenvalue weighted by Gasteiger charge is 2.51. The van der Waals surface area contributed by atoms with Crippen molar-refractivity contribution >= 4 is 11.6 Å². The lowest BCUT2D eigenvalue weighted by Gasteiger charge is -2.48. The van der Waals surface area contributed by atoms with Crippen LogP contribution in [-0.4, -0.2) is 36.8 Å². The van der Waals surface area contributed by atoms with E-state index in [0.29, 0.717) is 18.8 Å². The lowest BCUT2D eigenvalue weighted by atomic mass is 9.54. The molecule has 0 aliphatic heterocycles. The zero-order valence-corrected chi connectivity index (χ0v) is 15.0. The molecule has 0 aromatic carbocycles. The quantitative estimate of drug-likeness (QED) is 0.803. The molecule has 0 saturated heterocycles. The Balaban J connectivity index is 1.67. The van der Waals surface area contributed by atoms with Crippen molar-refractivity contribution in [1.82, 2.24) is 0 Å². The Hall–Kier alpha value is -1.68. The van der Waals surface area contributed by atoms with Crippen LogP contribution in [0.5, 0.6) is 0 Å². The predicted molar refractivity (Wildman–Crippen MR) is 95.2 cm³/mol. The molecule has 3 atom stereocenters. The third-order valence-electron chi connectivity index (χ3n) is 6.69. The van der Waals surface area contributed by atoms with E-state index in [9.17, 15) is 14.7 Å². The molecular formula is C21H28NO3+. The van der Waals surface area contributed by atoms with E-state index < -0.39 is 0 Å². The van der Waals surface area contributed by atoms with Gasteiger partial charge in [-0.05, 0) is 43.3 Å². The zero-order chi connectivity index (χ0) is 17.6. The number of allylic oxidation sites excluding steroid dienone is 5. The minimum atomic E-state index is -0.352. The molecule has 4 nitrogen and oxygen atoms in total. The Morgan fingerprint density at radius 3 is 2.80 bits per heavy atom. The van der Waals surface area contributed by atoms with Gasteiger partial charge in [-0.1, -0.05) is 12.2 Å². The number of carbonyl (C=O) groups excluding carboxylic acids is 2. The molecule has 2 fully saturated rings. The molecule has 0 amide bonds. The summed E-state index contributed by atoms with van der Waals surface area (Å²) in [6.07, 6.45) is 11.9. The molecule has 0 bridgehead atoms. The molecule has 134 valence electrons. The van der Waals surface area contributed by atoms with Crippen molar-refractivity contribution < 1.29 is 19.6 Å². The molecule has 4 heteroatoms. The monoisotopic (exact) mass is 342 g/mol. The molecule has 0 aromatic rings. The van der Waals surface area contributed by atoms with Crippen molar-refractivity contribution in [2.75, 3.05) is 20.1 Å². The first-order valence-corrected chi connectivity index (χ1v) is 9.69. The Morgan fingerprint density at radius 2 is 2.04 bits per heavy atom. The van der Waals surface area contributed by atoms with Crippen LogP contribution in [0.4, 0.5) is 0 Å². The van der Waals surface area contributed by atoms with Crippen LogP contribution in [0, 0.1) is 17.3 Å². The molecule has 2 N–H and O–H groups in total. The summed E-state index contributed by atoms with van der Waals surface area (Å²) in [5.41, 5.74) is 1.38. The summed E-state index contributed by atoms with van der Waals surface area (Å²) in [5, 5.41) is 10.6. The third-order valence-corrected chi connectivity index (χ3v) is 6.69. The second-order valence-electron chi connectivity index (χ2n) is 8.53. The van der Waals surface area contributed by atoms with Crippen molar-refractivity contribution in [3.63, 3.8) is 0 Å². The van der Waals surface area contributed by atoms with Gasteiger partial charge < -0.3 is 10.0 Å². The summed E-state index contributed by atoms with van der Waals surface area (Å²) >= 11 is 0. The number of aliphatic hydroxyl groups is 1. The van der Waals surface area contributed by atoms with Crippen LogP contribution < -0.4 is 4.90 Å². The number of hydrogen-bond donors (Lipinski definition) is 2. The predicted octanol–water partition coefficient (Wildman–Crippen LogP) is 1.94. The topological polar surface area (TPSA) is 58.8 Å². The molecule has 4 rings (SSSR count). The van der Waals surface area contributed by atoms with Gasteiger partial charge in [-0.2, -0.15) is 0 Å². The highest BCUT2D eigenvalue weighted by molar-refractivity contribution is 6.05. The summed E-state index contributed by atoms with van der Waals surface area (Å²) < 4.78 is 0. The van der Waals surface area contributed by atoms with E-state index in [1.54, 1.807) is 0 Å². The van der Waals surface area contributed by atoms with Crippen molar-refractivity contribution in [2.24, 2.45) is 17.3 Å². The van der Waals surface area contributed by atoms with E-state index in [0.717, 1.165) is 42.9 Å². The maximum Gasteiger partial charge on any atom is 0.220 e. The van der Waals surface area contributed by atoms with Gasteiger partial charge in [0.1, 0.15) is 5.78 Å². The van der Waals surface area contributed by atoms with E-state index in [2.05, 4.69) is 13.1 Å². The van der Waals surface area contributed by atoms with Gasteiger partial charge in [0.25, 0.3) is 0 Å². The van der Waals surface area contributed by atoms with Gasteiger partial charge >= 0.3 is 0 Å². The van der Waals surface area contributed by atoms with Crippen LogP contribution in [0.3, 0.4) is 0 Å². The average molecular weight is 342 g/mol. The van der Waals surface area contributed by atoms with E-state index in [1.807, 2.05) is 6.08 Å². The lowest BCUT2D eigenvalue weighted by molar-refractivity contribution is -0.882. The maximum atomic E-state index is 12.4. The number of hydrogen-bond acceptors (Lipinski definition) is 3. The molecule has 4 aliphatic carbocycles. The molecule has 0 spiro atoms. The SMILES string of the molecule is C[NH+](CCC12CC(=O)CCC1CC=C1C=CC(=O)C(O)=C12)CC1CC1. The maximum absolute atomic E-state index is 12.4. The fraction of sp³-hybridized carbons (Fsp3) is 0.619. The molecule has 25 heavy (non-hydrogen) atoms. The smallest absolute Gasteiger partial charge is 0.220 e. The Bertz CT molecular complexity index is 698. The summed E-state index contributed by atoms with van der Waals surface area (Å²) in [5.74, 6) is 1.07. The van der Waals surface area contributed by atoms with Crippen LogP contribution >= 0.6 is 0 Å². The molecule has 2 saturated carbocycles. The van der Waals surface area contributed by atoms with Gasteiger partial charge in [0, 0.05) is 36.2 Å². The lowest BCUT2D eigenvalue weighted by Crippen LogP contribution is -3.09. The number of ketones is 2. The van der Waals surface area contributed by atoms with Crippen LogP contribution in [0.1, 0.15) is 44.9 Å². The summed E-state index contributed by atoms with van der Waals surface area (Å²) in [6.45, 7) is 2.18. The first kappa shape index (κ1) is 16.8. The standard InChI is InChI=1S/C21H27NO3/c1-22(13-14-2-3-14)11-10-21-12-17(23)8-7-16(21)6-4-15-5-9-18(24)20(25)19(15)21/h4-5,9,14,16,25H,2-3,6-8,10-13H2,1H3/p+1. The zero-order valence-electron chi connectivity index (χ0n) is 15.0. The Morgan fingerprint density at radius 1 is 1.24 bits per heavy atom. The third kappa shape index (κ3) is 3.01. The Labute approximate surface area is 149 Å². The normalized spacial score (nSPS) is 33.0. The molecule has 4 aliphatic rings. The molecular weight excluding hydrogens is 314 g/mol. The fourth-order valence-corrected chi connectivity index (χ4v) is 5.15.